The number of ether oxygens (including phenoxy) is 3. The smallest absolute Gasteiger partial charge is 0.307 e. The molecular weight excluding hydrogens is 444 g/mol. The maximum Gasteiger partial charge on any atom is 0.307 e. The van der Waals surface area contributed by atoms with Gasteiger partial charge in [0, 0.05) is 18.7 Å². The zero-order valence-electron chi connectivity index (χ0n) is 15.6. The second kappa shape index (κ2) is 10.4. The molecule has 12 heteroatoms. The molecule has 0 aliphatic carbocycles. The Morgan fingerprint density at radius 1 is 1.17 bits per heavy atom. The van der Waals surface area contributed by atoms with Crippen LogP contribution in [-0.2, 0) is 24.3 Å². The third kappa shape index (κ3) is 6.60. The summed E-state index contributed by atoms with van der Waals surface area (Å²) in [7, 11) is -0.825. The zero-order valence-corrected chi connectivity index (χ0v) is 17.9. The molecule has 0 radical (unpaired) electrons. The first-order valence-corrected chi connectivity index (χ1v) is 10.9. The summed E-state index contributed by atoms with van der Waals surface area (Å²) in [5.41, 5.74) is 0.290. The van der Waals surface area contributed by atoms with E-state index in [0.29, 0.717) is 22.2 Å². The first-order valence-electron chi connectivity index (χ1n) is 8.17. The third-order valence-corrected chi connectivity index (χ3v) is 6.65. The number of carbonyl (C=O) groups is 2. The monoisotopic (exact) mass is 462 g/mol. The van der Waals surface area contributed by atoms with Gasteiger partial charge in [0.15, 0.2) is 6.61 Å². The first-order chi connectivity index (χ1) is 13.8. The Morgan fingerprint density at radius 2 is 1.90 bits per heavy atom. The van der Waals surface area contributed by atoms with E-state index < -0.39 is 28.5 Å². The van der Waals surface area contributed by atoms with Gasteiger partial charge in [-0.05, 0) is 11.4 Å². The molecule has 2 aromatic rings. The Balaban J connectivity index is 1.81. The topological polar surface area (TPSA) is 120 Å². The number of esters is 1. The zero-order chi connectivity index (χ0) is 21.4. The SMILES string of the molecule is COc1cc(NC(=O)COC(=O)CCNS(=O)(=O)c2cccs2)c(OC)cc1Cl. The number of carbonyl (C=O) groups excluding carboxylic acids is 2. The van der Waals surface area contributed by atoms with Crippen molar-refractivity contribution in [2.75, 3.05) is 32.7 Å². The summed E-state index contributed by atoms with van der Waals surface area (Å²) < 4.78 is 41.4. The standard InChI is InChI=1S/C17H19ClN2O7S2/c1-25-13-9-12(14(26-2)8-11(13)18)20-15(21)10-27-16(22)5-6-19-29(23,24)17-4-3-7-28-17/h3-4,7-9,19H,5-6,10H2,1-2H3,(H,20,21). The van der Waals surface area contributed by atoms with Crippen LogP contribution in [0.5, 0.6) is 11.5 Å². The van der Waals surface area contributed by atoms with E-state index in [1.54, 1.807) is 11.4 Å². The number of amides is 1. The lowest BCUT2D eigenvalue weighted by Gasteiger charge is -2.13. The van der Waals surface area contributed by atoms with E-state index >= 15 is 0 Å². The Hall–Kier alpha value is -2.34. The third-order valence-electron chi connectivity index (χ3n) is 3.49. The molecule has 0 saturated heterocycles. The molecule has 158 valence electrons. The Labute approximate surface area is 177 Å². The molecule has 2 N–H and O–H groups in total. The molecule has 2 rings (SSSR count). The van der Waals surface area contributed by atoms with Crippen LogP contribution in [0.3, 0.4) is 0 Å². The molecule has 1 aromatic heterocycles. The minimum absolute atomic E-state index is 0.150. The van der Waals surface area contributed by atoms with E-state index in [2.05, 4.69) is 10.0 Å². The Bertz CT molecular complexity index is 962. The van der Waals surface area contributed by atoms with Crippen molar-refractivity contribution in [3.05, 3.63) is 34.7 Å². The highest BCUT2D eigenvalue weighted by Gasteiger charge is 2.17. The summed E-state index contributed by atoms with van der Waals surface area (Å²) in [6.07, 6.45) is -0.226. The minimum atomic E-state index is -3.66. The normalized spacial score (nSPS) is 11.0. The summed E-state index contributed by atoms with van der Waals surface area (Å²) in [4.78, 5) is 23.8. The van der Waals surface area contributed by atoms with E-state index in [4.69, 9.17) is 25.8 Å². The average molecular weight is 463 g/mol. The van der Waals surface area contributed by atoms with Gasteiger partial charge in [-0.15, -0.1) is 11.3 Å². The van der Waals surface area contributed by atoms with Crippen LogP contribution in [0, 0.1) is 0 Å². The van der Waals surface area contributed by atoms with Gasteiger partial charge in [0.05, 0.1) is 31.4 Å². The van der Waals surface area contributed by atoms with Crippen molar-refractivity contribution in [2.24, 2.45) is 0 Å². The van der Waals surface area contributed by atoms with Crippen molar-refractivity contribution in [1.82, 2.24) is 4.72 Å². The number of rotatable bonds is 10. The second-order valence-corrected chi connectivity index (χ2v) is 8.82. The fraction of sp³-hybridized carbons (Fsp3) is 0.294. The summed E-state index contributed by atoms with van der Waals surface area (Å²) in [5, 5.41) is 4.46. The number of methoxy groups -OCH3 is 2. The maximum absolute atomic E-state index is 12.0. The fourth-order valence-corrected chi connectivity index (χ4v) is 4.44. The van der Waals surface area contributed by atoms with Crippen molar-refractivity contribution in [1.29, 1.82) is 0 Å². The number of nitrogens with one attached hydrogen (secondary N) is 2. The highest BCUT2D eigenvalue weighted by atomic mass is 35.5. The van der Waals surface area contributed by atoms with Crippen LogP contribution in [0.1, 0.15) is 6.42 Å². The average Bonchev–Trinajstić information content (AvgIpc) is 3.23. The molecule has 0 unspecified atom stereocenters. The second-order valence-electron chi connectivity index (χ2n) is 5.48. The lowest BCUT2D eigenvalue weighted by molar-refractivity contribution is -0.147. The predicted molar refractivity (Wildman–Crippen MR) is 108 cm³/mol. The fourth-order valence-electron chi connectivity index (χ4n) is 2.14. The summed E-state index contributed by atoms with van der Waals surface area (Å²) >= 11 is 7.06. The molecule has 0 bridgehead atoms. The Kier molecular flexibility index (Phi) is 8.26. The van der Waals surface area contributed by atoms with Gasteiger partial charge in [0.25, 0.3) is 5.91 Å². The molecule has 0 spiro atoms. The molecular formula is C17H19ClN2O7S2. The lowest BCUT2D eigenvalue weighted by atomic mass is 10.2. The van der Waals surface area contributed by atoms with Gasteiger partial charge in [-0.3, -0.25) is 9.59 Å². The van der Waals surface area contributed by atoms with E-state index in [9.17, 15) is 18.0 Å². The van der Waals surface area contributed by atoms with Crippen LogP contribution < -0.4 is 19.5 Å². The molecule has 0 aliphatic heterocycles. The maximum atomic E-state index is 12.0. The number of hydrogen-bond donors (Lipinski definition) is 2. The molecule has 29 heavy (non-hydrogen) atoms. The van der Waals surface area contributed by atoms with Gasteiger partial charge in [-0.1, -0.05) is 17.7 Å². The highest BCUT2D eigenvalue weighted by Crippen LogP contribution is 2.35. The van der Waals surface area contributed by atoms with Crippen LogP contribution in [0.2, 0.25) is 5.02 Å². The van der Waals surface area contributed by atoms with Gasteiger partial charge in [-0.2, -0.15) is 0 Å². The first kappa shape index (κ1) is 22.9. The summed E-state index contributed by atoms with van der Waals surface area (Å²) in [5.74, 6) is -0.703. The molecule has 1 heterocycles. The van der Waals surface area contributed by atoms with Crippen molar-refractivity contribution < 1.29 is 32.2 Å². The predicted octanol–water partition coefficient (Wildman–Crippen LogP) is 2.27. The number of halogens is 1. The molecule has 1 aromatic carbocycles. The van der Waals surface area contributed by atoms with Crippen LogP contribution in [0.15, 0.2) is 33.9 Å². The molecule has 1 amide bonds. The Morgan fingerprint density at radius 3 is 2.52 bits per heavy atom. The lowest BCUT2D eigenvalue weighted by Crippen LogP contribution is -2.27. The van der Waals surface area contributed by atoms with E-state index in [-0.39, 0.29) is 17.2 Å². The van der Waals surface area contributed by atoms with Gasteiger partial charge in [0.2, 0.25) is 10.0 Å². The largest absolute Gasteiger partial charge is 0.495 e. The molecule has 0 fully saturated rings. The van der Waals surface area contributed by atoms with E-state index in [1.807, 2.05) is 0 Å². The van der Waals surface area contributed by atoms with Gasteiger partial charge < -0.3 is 19.5 Å². The van der Waals surface area contributed by atoms with Crippen LogP contribution in [0.4, 0.5) is 5.69 Å². The molecule has 0 aliphatic rings. The van der Waals surface area contributed by atoms with Crippen LogP contribution in [0.25, 0.3) is 0 Å². The van der Waals surface area contributed by atoms with Crippen LogP contribution >= 0.6 is 22.9 Å². The number of anilines is 1. The number of benzene rings is 1. The van der Waals surface area contributed by atoms with Crippen molar-refractivity contribution >= 4 is 50.5 Å². The molecule has 9 nitrogen and oxygen atoms in total. The summed E-state index contributed by atoms with van der Waals surface area (Å²) in [6.45, 7) is -0.701. The van der Waals surface area contributed by atoms with E-state index in [1.165, 1.54) is 32.4 Å². The van der Waals surface area contributed by atoms with Crippen LogP contribution in [-0.4, -0.2) is 47.7 Å². The van der Waals surface area contributed by atoms with E-state index in [0.717, 1.165) is 11.3 Å². The van der Waals surface area contributed by atoms with Crippen molar-refractivity contribution in [2.45, 2.75) is 10.6 Å². The van der Waals surface area contributed by atoms with Crippen molar-refractivity contribution in [3.63, 3.8) is 0 Å². The molecule has 0 saturated carbocycles. The van der Waals surface area contributed by atoms with Gasteiger partial charge >= 0.3 is 5.97 Å². The van der Waals surface area contributed by atoms with Crippen molar-refractivity contribution in [3.8, 4) is 11.5 Å². The number of thiophene rings is 1. The van der Waals surface area contributed by atoms with Gasteiger partial charge in [-0.25, -0.2) is 13.1 Å². The minimum Gasteiger partial charge on any atom is -0.495 e. The summed E-state index contributed by atoms with van der Waals surface area (Å²) in [6, 6.07) is 6.01. The quantitative estimate of drug-likeness (QED) is 0.519. The van der Waals surface area contributed by atoms with Gasteiger partial charge in [0.1, 0.15) is 15.7 Å². The number of sulfonamides is 1. The molecule has 0 atom stereocenters. The highest BCUT2D eigenvalue weighted by molar-refractivity contribution is 7.91. The number of hydrogen-bond acceptors (Lipinski definition) is 8.